The molecule has 2 atom stereocenters. The highest BCUT2D eigenvalue weighted by atomic mass is 35.5. The Balaban J connectivity index is 2.37. The van der Waals surface area contributed by atoms with Gasteiger partial charge in [-0.15, -0.1) is 0 Å². The molecule has 1 unspecified atom stereocenters. The first-order valence-electron chi connectivity index (χ1n) is 6.96. The van der Waals surface area contributed by atoms with E-state index in [1.165, 1.54) is 5.56 Å². The lowest BCUT2D eigenvalue weighted by Gasteiger charge is -2.23. The van der Waals surface area contributed by atoms with Crippen LogP contribution in [0, 0.1) is 0 Å². The zero-order chi connectivity index (χ0) is 14.3. The average Bonchev–Trinajstić information content (AvgIpc) is 2.43. The van der Waals surface area contributed by atoms with E-state index in [4.69, 9.17) is 11.6 Å². The van der Waals surface area contributed by atoms with Crippen LogP contribution in [0.25, 0.3) is 0 Å². The van der Waals surface area contributed by atoms with Gasteiger partial charge in [-0.1, -0.05) is 37.6 Å². The van der Waals surface area contributed by atoms with Gasteiger partial charge in [-0.25, -0.2) is 0 Å². The van der Waals surface area contributed by atoms with Crippen molar-refractivity contribution in [1.82, 2.24) is 10.2 Å². The fourth-order valence-electron chi connectivity index (χ4n) is 2.03. The summed E-state index contributed by atoms with van der Waals surface area (Å²) < 4.78 is 0. The van der Waals surface area contributed by atoms with Gasteiger partial charge in [0.25, 0.3) is 0 Å². The molecule has 0 spiro atoms. The van der Waals surface area contributed by atoms with Gasteiger partial charge in [0.15, 0.2) is 0 Å². The van der Waals surface area contributed by atoms with Gasteiger partial charge in [0.2, 0.25) is 0 Å². The molecule has 108 valence electrons. The van der Waals surface area contributed by atoms with Crippen LogP contribution >= 0.6 is 11.6 Å². The van der Waals surface area contributed by atoms with E-state index in [1.807, 2.05) is 24.3 Å². The zero-order valence-electron chi connectivity index (χ0n) is 12.1. The fraction of sp³-hybridized carbons (Fsp3) is 0.600. The third-order valence-corrected chi connectivity index (χ3v) is 3.65. The summed E-state index contributed by atoms with van der Waals surface area (Å²) in [5.41, 5.74) is 1.18. The van der Waals surface area contributed by atoms with Gasteiger partial charge in [0.05, 0.1) is 6.10 Å². The maximum atomic E-state index is 10.00. The van der Waals surface area contributed by atoms with Gasteiger partial charge >= 0.3 is 0 Å². The van der Waals surface area contributed by atoms with E-state index < -0.39 is 0 Å². The van der Waals surface area contributed by atoms with Crippen LogP contribution in [0.15, 0.2) is 24.3 Å². The van der Waals surface area contributed by atoms with E-state index in [1.54, 1.807) is 0 Å². The van der Waals surface area contributed by atoms with Crippen LogP contribution in [0.3, 0.4) is 0 Å². The number of likely N-dealkylation sites (N-methyl/N-ethyl adjacent to an activating group) is 1. The van der Waals surface area contributed by atoms with Crippen molar-refractivity contribution >= 4 is 11.6 Å². The predicted molar refractivity (Wildman–Crippen MR) is 81.7 cm³/mol. The lowest BCUT2D eigenvalue weighted by atomic mass is 10.1. The number of rotatable bonds is 8. The smallest absolute Gasteiger partial charge is 0.0791 e. The SMILES string of the molecule is CCN(CC)CC(O)CN[C@H](C)c1ccc(Cl)cc1. The molecule has 0 saturated heterocycles. The molecule has 2 N–H and O–H groups in total. The van der Waals surface area contributed by atoms with Crippen LogP contribution in [-0.4, -0.2) is 42.3 Å². The first-order valence-corrected chi connectivity index (χ1v) is 7.33. The summed E-state index contributed by atoms with van der Waals surface area (Å²) >= 11 is 5.87. The summed E-state index contributed by atoms with van der Waals surface area (Å²) in [5.74, 6) is 0. The van der Waals surface area contributed by atoms with Crippen molar-refractivity contribution in [3.8, 4) is 0 Å². The number of aliphatic hydroxyl groups is 1. The topological polar surface area (TPSA) is 35.5 Å². The van der Waals surface area contributed by atoms with Crippen molar-refractivity contribution in [2.45, 2.75) is 32.9 Å². The Bertz CT molecular complexity index is 352. The van der Waals surface area contributed by atoms with E-state index in [2.05, 4.69) is 31.0 Å². The Morgan fingerprint density at radius 2 is 1.79 bits per heavy atom. The zero-order valence-corrected chi connectivity index (χ0v) is 12.8. The van der Waals surface area contributed by atoms with Gasteiger partial charge in [-0.05, 0) is 37.7 Å². The highest BCUT2D eigenvalue weighted by Gasteiger charge is 2.11. The molecule has 1 aromatic carbocycles. The third-order valence-electron chi connectivity index (χ3n) is 3.39. The van der Waals surface area contributed by atoms with E-state index in [0.29, 0.717) is 13.1 Å². The number of hydrogen-bond acceptors (Lipinski definition) is 3. The van der Waals surface area contributed by atoms with E-state index in [-0.39, 0.29) is 12.1 Å². The molecule has 4 heteroatoms. The fourth-order valence-corrected chi connectivity index (χ4v) is 2.15. The first-order chi connectivity index (χ1) is 9.06. The highest BCUT2D eigenvalue weighted by Crippen LogP contribution is 2.15. The Labute approximate surface area is 121 Å². The number of aliphatic hydroxyl groups excluding tert-OH is 1. The van der Waals surface area contributed by atoms with Crippen LogP contribution in [0.4, 0.5) is 0 Å². The lowest BCUT2D eigenvalue weighted by molar-refractivity contribution is 0.114. The molecule has 0 heterocycles. The minimum absolute atomic E-state index is 0.212. The second kappa shape index (κ2) is 8.54. The van der Waals surface area contributed by atoms with Crippen molar-refractivity contribution in [1.29, 1.82) is 0 Å². The standard InChI is InChI=1S/C15H25ClN2O/c1-4-18(5-2)11-15(19)10-17-12(3)13-6-8-14(16)9-7-13/h6-9,12,15,17,19H,4-5,10-11H2,1-3H3/t12-,15?/m1/s1. The molecule has 0 bridgehead atoms. The minimum atomic E-state index is -0.338. The summed E-state index contributed by atoms with van der Waals surface area (Å²) in [6.07, 6.45) is -0.338. The van der Waals surface area contributed by atoms with Gasteiger partial charge in [0, 0.05) is 24.2 Å². The average molecular weight is 285 g/mol. The first kappa shape index (κ1) is 16.4. The Morgan fingerprint density at radius 3 is 2.32 bits per heavy atom. The summed E-state index contributed by atoms with van der Waals surface area (Å²) in [5, 5.41) is 14.1. The summed E-state index contributed by atoms with van der Waals surface area (Å²) in [4.78, 5) is 2.22. The maximum absolute atomic E-state index is 10.00. The van der Waals surface area contributed by atoms with Gasteiger partial charge in [-0.3, -0.25) is 0 Å². The molecule has 0 fully saturated rings. The Hall–Kier alpha value is -0.610. The van der Waals surface area contributed by atoms with Crippen LogP contribution in [0.2, 0.25) is 5.02 Å². The number of nitrogens with one attached hydrogen (secondary N) is 1. The van der Waals surface area contributed by atoms with Crippen molar-refractivity contribution in [3.63, 3.8) is 0 Å². The Morgan fingerprint density at radius 1 is 1.21 bits per heavy atom. The van der Waals surface area contributed by atoms with Crippen molar-refractivity contribution < 1.29 is 5.11 Å². The molecule has 1 rings (SSSR count). The third kappa shape index (κ3) is 5.91. The number of benzene rings is 1. The Kier molecular flexibility index (Phi) is 7.39. The van der Waals surface area contributed by atoms with Crippen LogP contribution < -0.4 is 5.32 Å². The van der Waals surface area contributed by atoms with Crippen molar-refractivity contribution in [2.24, 2.45) is 0 Å². The number of hydrogen-bond donors (Lipinski definition) is 2. The molecule has 3 nitrogen and oxygen atoms in total. The molecule has 0 amide bonds. The van der Waals surface area contributed by atoms with E-state index in [9.17, 15) is 5.11 Å². The molecule has 0 radical (unpaired) electrons. The summed E-state index contributed by atoms with van der Waals surface area (Å²) in [6.45, 7) is 9.57. The molecule has 1 aromatic rings. The summed E-state index contributed by atoms with van der Waals surface area (Å²) in [7, 11) is 0. The largest absolute Gasteiger partial charge is 0.390 e. The van der Waals surface area contributed by atoms with Gasteiger partial charge in [-0.2, -0.15) is 0 Å². The quantitative estimate of drug-likeness (QED) is 0.770. The minimum Gasteiger partial charge on any atom is -0.390 e. The normalized spacial score (nSPS) is 14.6. The second-order valence-corrected chi connectivity index (χ2v) is 5.26. The number of halogens is 1. The molecule has 0 aromatic heterocycles. The predicted octanol–water partition coefficient (Wildman–Crippen LogP) is 2.69. The highest BCUT2D eigenvalue weighted by molar-refractivity contribution is 6.30. The number of nitrogens with zero attached hydrogens (tertiary/aromatic N) is 1. The molecule has 19 heavy (non-hydrogen) atoms. The molecule has 0 aliphatic heterocycles. The van der Waals surface area contributed by atoms with Crippen molar-refractivity contribution in [2.75, 3.05) is 26.2 Å². The van der Waals surface area contributed by atoms with Gasteiger partial charge < -0.3 is 15.3 Å². The molecule has 0 aliphatic rings. The summed E-state index contributed by atoms with van der Waals surface area (Å²) in [6, 6.07) is 8.01. The maximum Gasteiger partial charge on any atom is 0.0791 e. The van der Waals surface area contributed by atoms with E-state index in [0.717, 1.165) is 18.1 Å². The van der Waals surface area contributed by atoms with Crippen molar-refractivity contribution in [3.05, 3.63) is 34.9 Å². The molecule has 0 aliphatic carbocycles. The monoisotopic (exact) mass is 284 g/mol. The molecular formula is C15H25ClN2O. The van der Waals surface area contributed by atoms with Crippen LogP contribution in [0.5, 0.6) is 0 Å². The lowest BCUT2D eigenvalue weighted by Crippen LogP contribution is -2.38. The molecule has 0 saturated carbocycles. The van der Waals surface area contributed by atoms with Crippen LogP contribution in [-0.2, 0) is 0 Å². The van der Waals surface area contributed by atoms with Gasteiger partial charge in [0.1, 0.15) is 0 Å². The molecular weight excluding hydrogens is 260 g/mol. The van der Waals surface area contributed by atoms with Crippen LogP contribution in [0.1, 0.15) is 32.4 Å². The second-order valence-electron chi connectivity index (χ2n) is 4.82. The van der Waals surface area contributed by atoms with E-state index >= 15 is 0 Å².